The van der Waals surface area contributed by atoms with Crippen LogP contribution in [0.25, 0.3) is 0 Å². The number of benzene rings is 1. The second kappa shape index (κ2) is 3.28. The lowest BCUT2D eigenvalue weighted by atomic mass is 10.2. The highest BCUT2D eigenvalue weighted by Crippen LogP contribution is 2.08. The Balaban J connectivity index is 2.82. The van der Waals surface area contributed by atoms with Gasteiger partial charge < -0.3 is 0 Å². The van der Waals surface area contributed by atoms with Crippen molar-refractivity contribution in [2.75, 3.05) is 0 Å². The van der Waals surface area contributed by atoms with Crippen molar-refractivity contribution >= 4 is 25.3 Å². The second-order valence-electron chi connectivity index (χ2n) is 2.35. The van der Waals surface area contributed by atoms with E-state index in [1.807, 2.05) is 30.3 Å². The van der Waals surface area contributed by atoms with E-state index in [1.54, 1.807) is 0 Å². The molecule has 11 heavy (non-hydrogen) atoms. The first-order valence-electron chi connectivity index (χ1n) is 3.16. The Kier molecular flexibility index (Phi) is 2.58. The summed E-state index contributed by atoms with van der Waals surface area (Å²) in [7, 11) is 3.08. The highest BCUT2D eigenvalue weighted by molar-refractivity contribution is 8.20. The van der Waals surface area contributed by atoms with Crippen molar-refractivity contribution in [1.29, 1.82) is 0 Å². The van der Waals surface area contributed by atoms with Crippen molar-refractivity contribution < 1.29 is 4.21 Å². The molecule has 0 aromatic heterocycles. The van der Waals surface area contributed by atoms with Crippen LogP contribution in [0.2, 0.25) is 0 Å². The van der Waals surface area contributed by atoms with Crippen LogP contribution in [0, 0.1) is 0 Å². The molecule has 0 heterocycles. The maximum absolute atomic E-state index is 11.0. The number of rotatable bonds is 2. The molecule has 0 fully saturated rings. The first kappa shape index (κ1) is 8.62. The van der Waals surface area contributed by atoms with Gasteiger partial charge in [0.05, 0.1) is 14.5 Å². The average Bonchev–Trinajstić information content (AvgIpc) is 1.85. The van der Waals surface area contributed by atoms with Crippen LogP contribution in [0.3, 0.4) is 0 Å². The fourth-order valence-corrected chi connectivity index (χ4v) is 1.89. The Morgan fingerprint density at radius 1 is 1.36 bits per heavy atom. The van der Waals surface area contributed by atoms with E-state index in [2.05, 4.69) is 5.87 Å². The lowest BCUT2D eigenvalue weighted by Crippen LogP contribution is -1.93. The zero-order chi connectivity index (χ0) is 8.32. The van der Waals surface area contributed by atoms with Crippen molar-refractivity contribution in [3.05, 3.63) is 35.9 Å². The molecule has 1 aromatic rings. The summed E-state index contributed by atoms with van der Waals surface area (Å²) in [6.07, 6.45) is 0. The summed E-state index contributed by atoms with van der Waals surface area (Å²) in [6, 6.07) is 9.44. The predicted octanol–water partition coefficient (Wildman–Crippen LogP) is 2.06. The lowest BCUT2D eigenvalue weighted by Gasteiger charge is -1.98. The Labute approximate surface area is 71.5 Å². The van der Waals surface area contributed by atoms with Crippen LogP contribution in [-0.4, -0.2) is 10.1 Å². The molecule has 3 heteroatoms. The minimum Gasteiger partial charge on any atom is -0.252 e. The molecule has 0 N–H and O–H groups in total. The topological polar surface area (TPSA) is 17.1 Å². The first-order valence-corrected chi connectivity index (χ1v) is 5.89. The lowest BCUT2D eigenvalue weighted by molar-refractivity contribution is 0.689. The quantitative estimate of drug-likeness (QED) is 0.513. The Morgan fingerprint density at radius 2 is 1.91 bits per heavy atom. The van der Waals surface area contributed by atoms with Gasteiger partial charge in [-0.05, 0) is 22.1 Å². The van der Waals surface area contributed by atoms with E-state index < -0.39 is 8.74 Å². The van der Waals surface area contributed by atoms with Gasteiger partial charge in [-0.1, -0.05) is 30.3 Å². The van der Waals surface area contributed by atoms with Gasteiger partial charge >= 0.3 is 0 Å². The summed E-state index contributed by atoms with van der Waals surface area (Å²) in [6.45, 7) is 0. The van der Waals surface area contributed by atoms with E-state index in [1.165, 1.54) is 0 Å². The van der Waals surface area contributed by atoms with Gasteiger partial charge in [0.2, 0.25) is 0 Å². The van der Waals surface area contributed by atoms with Gasteiger partial charge in [0.15, 0.2) is 0 Å². The molecule has 0 aliphatic heterocycles. The largest absolute Gasteiger partial charge is 0.252 e. The van der Waals surface area contributed by atoms with E-state index in [-0.39, 0.29) is 0 Å². The summed E-state index contributed by atoms with van der Waals surface area (Å²) in [4.78, 5) is 0. The SMILES string of the molecule is C=S(=O)(Cl)Cc1ccccc1. The number of hydrogen-bond donors (Lipinski definition) is 0. The molecule has 0 radical (unpaired) electrons. The average molecular weight is 189 g/mol. The third-order valence-corrected chi connectivity index (χ3v) is 2.32. The van der Waals surface area contributed by atoms with Crippen molar-refractivity contribution in [1.82, 2.24) is 0 Å². The second-order valence-corrected chi connectivity index (χ2v) is 5.77. The summed E-state index contributed by atoms with van der Waals surface area (Å²) >= 11 is 0. The molecule has 0 saturated carbocycles. The third kappa shape index (κ3) is 3.44. The van der Waals surface area contributed by atoms with E-state index in [9.17, 15) is 4.21 Å². The standard InChI is InChI=1S/C8H9ClOS/c1-11(9,10)7-8-5-3-2-4-6-8/h2-6H,1,7H2. The van der Waals surface area contributed by atoms with Gasteiger partial charge in [-0.15, -0.1) is 0 Å². The van der Waals surface area contributed by atoms with Gasteiger partial charge in [0, 0.05) is 0 Å². The van der Waals surface area contributed by atoms with E-state index in [0.717, 1.165) is 5.56 Å². The van der Waals surface area contributed by atoms with Crippen LogP contribution in [0.4, 0.5) is 0 Å². The van der Waals surface area contributed by atoms with Gasteiger partial charge in [0.1, 0.15) is 0 Å². The molecule has 0 saturated heterocycles. The molecular formula is C8H9ClOS. The Morgan fingerprint density at radius 3 is 2.36 bits per heavy atom. The highest BCUT2D eigenvalue weighted by Gasteiger charge is 1.98. The minimum absolute atomic E-state index is 0.343. The van der Waals surface area contributed by atoms with Crippen LogP contribution < -0.4 is 0 Å². The predicted molar refractivity (Wildman–Crippen MR) is 51.3 cm³/mol. The molecule has 0 aliphatic carbocycles. The molecule has 0 aliphatic rings. The maximum Gasteiger partial charge on any atom is 0.0546 e. The van der Waals surface area contributed by atoms with Crippen LogP contribution >= 0.6 is 10.7 Å². The summed E-state index contributed by atoms with van der Waals surface area (Å²) in [5.41, 5.74) is 0.961. The van der Waals surface area contributed by atoms with Crippen molar-refractivity contribution in [2.24, 2.45) is 0 Å². The fraction of sp³-hybridized carbons (Fsp3) is 0.125. The molecule has 0 bridgehead atoms. The fourth-order valence-electron chi connectivity index (χ4n) is 0.823. The third-order valence-electron chi connectivity index (χ3n) is 1.23. The van der Waals surface area contributed by atoms with Crippen molar-refractivity contribution in [3.63, 3.8) is 0 Å². The monoisotopic (exact) mass is 188 g/mol. The maximum atomic E-state index is 11.0. The zero-order valence-electron chi connectivity index (χ0n) is 6.00. The van der Waals surface area contributed by atoms with Gasteiger partial charge in [-0.25, -0.2) is 0 Å². The van der Waals surface area contributed by atoms with Crippen LogP contribution in [0.15, 0.2) is 30.3 Å². The molecule has 1 nitrogen and oxygen atoms in total. The van der Waals surface area contributed by atoms with Crippen LogP contribution in [0.5, 0.6) is 0 Å². The van der Waals surface area contributed by atoms with Gasteiger partial charge in [-0.2, -0.15) is 0 Å². The highest BCUT2D eigenvalue weighted by atomic mass is 35.7. The minimum atomic E-state index is -2.40. The summed E-state index contributed by atoms with van der Waals surface area (Å²) in [5, 5.41) is 0. The van der Waals surface area contributed by atoms with Crippen molar-refractivity contribution in [3.8, 4) is 0 Å². The molecule has 1 aromatic carbocycles. The van der Waals surface area contributed by atoms with E-state index in [4.69, 9.17) is 10.7 Å². The Bertz CT molecular complexity index is 315. The molecular weight excluding hydrogens is 180 g/mol. The molecule has 0 spiro atoms. The normalized spacial score (nSPS) is 15.7. The first-order chi connectivity index (χ1) is 5.08. The Hall–Kier alpha value is -0.470. The van der Waals surface area contributed by atoms with E-state index in [0.29, 0.717) is 5.75 Å². The molecule has 1 atom stereocenters. The van der Waals surface area contributed by atoms with Crippen LogP contribution in [-0.2, 0) is 14.5 Å². The summed E-state index contributed by atoms with van der Waals surface area (Å²) in [5.74, 6) is 3.70. The van der Waals surface area contributed by atoms with E-state index >= 15 is 0 Å². The van der Waals surface area contributed by atoms with Gasteiger partial charge in [0.25, 0.3) is 0 Å². The number of halogens is 1. The molecule has 1 unspecified atom stereocenters. The van der Waals surface area contributed by atoms with Crippen LogP contribution in [0.1, 0.15) is 5.56 Å². The summed E-state index contributed by atoms with van der Waals surface area (Å²) < 4.78 is 11.0. The molecule has 1 rings (SSSR count). The smallest absolute Gasteiger partial charge is 0.0546 e. The van der Waals surface area contributed by atoms with Crippen molar-refractivity contribution in [2.45, 2.75) is 5.75 Å². The molecule has 0 amide bonds. The number of hydrogen-bond acceptors (Lipinski definition) is 1. The zero-order valence-corrected chi connectivity index (χ0v) is 7.57. The molecule has 60 valence electrons. The van der Waals surface area contributed by atoms with Gasteiger partial charge in [-0.3, -0.25) is 4.21 Å².